The lowest BCUT2D eigenvalue weighted by molar-refractivity contribution is 0.415. The summed E-state index contributed by atoms with van der Waals surface area (Å²) in [6, 6.07) is 14.8. The third-order valence-corrected chi connectivity index (χ3v) is 3.01. The largest absolute Gasteiger partial charge is 0.497 e. The van der Waals surface area contributed by atoms with Gasteiger partial charge in [-0.1, -0.05) is 17.7 Å². The number of nitrogens with zero attached hydrogens (tertiary/aromatic N) is 1. The molecule has 0 atom stereocenters. The summed E-state index contributed by atoms with van der Waals surface area (Å²) in [4.78, 5) is 0. The van der Waals surface area contributed by atoms with Gasteiger partial charge in [-0.15, -0.1) is 0 Å². The normalized spacial score (nSPS) is 10.4. The van der Waals surface area contributed by atoms with E-state index in [1.807, 2.05) is 36.4 Å². The molecule has 0 aliphatic heterocycles. The molecule has 0 radical (unpaired) electrons. The van der Waals surface area contributed by atoms with Crippen LogP contribution in [0.5, 0.6) is 5.75 Å². The molecule has 0 amide bonds. The van der Waals surface area contributed by atoms with Gasteiger partial charge in [-0.3, -0.25) is 5.43 Å². The fourth-order valence-electron chi connectivity index (χ4n) is 1.58. The second-order valence-corrected chi connectivity index (χ2v) is 4.95. The predicted molar refractivity (Wildman–Crippen MR) is 91.4 cm³/mol. The number of hydrazone groups is 1. The highest BCUT2D eigenvalue weighted by molar-refractivity contribution is 7.80. The Hall–Kier alpha value is -2.11. The van der Waals surface area contributed by atoms with Gasteiger partial charge < -0.3 is 10.1 Å². The molecule has 21 heavy (non-hydrogen) atoms. The van der Waals surface area contributed by atoms with Crippen LogP contribution in [0, 0.1) is 0 Å². The first kappa shape index (κ1) is 15.3. The van der Waals surface area contributed by atoms with E-state index in [4.69, 9.17) is 28.6 Å². The second-order valence-electron chi connectivity index (χ2n) is 4.11. The van der Waals surface area contributed by atoms with Crippen molar-refractivity contribution in [1.29, 1.82) is 0 Å². The molecule has 2 aromatic carbocycles. The first-order chi connectivity index (χ1) is 10.2. The molecule has 0 bridgehead atoms. The van der Waals surface area contributed by atoms with Crippen LogP contribution in [-0.4, -0.2) is 18.4 Å². The minimum absolute atomic E-state index is 0.391. The molecule has 0 aliphatic rings. The number of ether oxygens (including phenoxy) is 1. The van der Waals surface area contributed by atoms with Crippen molar-refractivity contribution in [2.24, 2.45) is 5.10 Å². The van der Waals surface area contributed by atoms with E-state index in [0.29, 0.717) is 10.1 Å². The topological polar surface area (TPSA) is 45.6 Å². The van der Waals surface area contributed by atoms with Gasteiger partial charge in [0.1, 0.15) is 5.75 Å². The molecule has 0 unspecified atom stereocenters. The highest BCUT2D eigenvalue weighted by Gasteiger charge is 1.97. The van der Waals surface area contributed by atoms with Gasteiger partial charge in [-0.05, 0) is 60.2 Å². The number of benzene rings is 2. The lowest BCUT2D eigenvalue weighted by Crippen LogP contribution is -2.23. The number of thiocarbonyl (C=S) groups is 1. The van der Waals surface area contributed by atoms with Gasteiger partial charge in [-0.25, -0.2) is 0 Å². The maximum absolute atomic E-state index is 5.89. The highest BCUT2D eigenvalue weighted by atomic mass is 35.5. The summed E-state index contributed by atoms with van der Waals surface area (Å²) in [7, 11) is 1.63. The molecular formula is C15H14ClN3OS. The Balaban J connectivity index is 1.86. The first-order valence-corrected chi connectivity index (χ1v) is 6.95. The number of anilines is 1. The zero-order valence-corrected chi connectivity index (χ0v) is 12.9. The standard InChI is InChI=1S/C15H14ClN3OS/c1-20-14-7-5-11(6-8-14)10-17-19-15(21)18-13-4-2-3-12(16)9-13/h2-10H,1H3,(H2,18,19,21)/b17-10+. The van der Waals surface area contributed by atoms with Crippen molar-refractivity contribution in [3.63, 3.8) is 0 Å². The van der Waals surface area contributed by atoms with Crippen molar-refractivity contribution in [2.45, 2.75) is 0 Å². The second kappa shape index (κ2) is 7.61. The van der Waals surface area contributed by atoms with Crippen molar-refractivity contribution < 1.29 is 4.74 Å². The van der Waals surface area contributed by atoms with Crippen LogP contribution in [0.2, 0.25) is 5.02 Å². The lowest BCUT2D eigenvalue weighted by atomic mass is 10.2. The van der Waals surface area contributed by atoms with Crippen molar-refractivity contribution in [2.75, 3.05) is 12.4 Å². The molecule has 0 aliphatic carbocycles. The zero-order valence-electron chi connectivity index (χ0n) is 11.3. The smallest absolute Gasteiger partial charge is 0.191 e. The van der Waals surface area contributed by atoms with Crippen LogP contribution >= 0.6 is 23.8 Å². The number of nitrogens with one attached hydrogen (secondary N) is 2. The molecule has 2 aromatic rings. The Labute approximate surface area is 133 Å². The highest BCUT2D eigenvalue weighted by Crippen LogP contribution is 2.14. The fourth-order valence-corrected chi connectivity index (χ4v) is 1.94. The van der Waals surface area contributed by atoms with Gasteiger partial charge in [0.15, 0.2) is 5.11 Å². The quantitative estimate of drug-likeness (QED) is 0.513. The van der Waals surface area contributed by atoms with Crippen molar-refractivity contribution >= 4 is 40.8 Å². The van der Waals surface area contributed by atoms with E-state index in [2.05, 4.69) is 15.8 Å². The van der Waals surface area contributed by atoms with Crippen LogP contribution in [0.1, 0.15) is 5.56 Å². The van der Waals surface area contributed by atoms with Gasteiger partial charge in [0.25, 0.3) is 0 Å². The van der Waals surface area contributed by atoms with Crippen molar-refractivity contribution in [3.8, 4) is 5.75 Å². The van der Waals surface area contributed by atoms with Crippen LogP contribution in [0.25, 0.3) is 0 Å². The molecule has 0 fully saturated rings. The summed E-state index contributed by atoms with van der Waals surface area (Å²) >= 11 is 11.0. The molecule has 6 heteroatoms. The number of rotatable bonds is 4. The number of hydrogen-bond donors (Lipinski definition) is 2. The van der Waals surface area contributed by atoms with Gasteiger partial charge in [0.05, 0.1) is 13.3 Å². The van der Waals surface area contributed by atoms with Gasteiger partial charge in [0, 0.05) is 10.7 Å². The number of methoxy groups -OCH3 is 1. The molecule has 2 rings (SSSR count). The molecule has 108 valence electrons. The summed E-state index contributed by atoms with van der Waals surface area (Å²) in [5.41, 5.74) is 4.49. The molecule has 0 saturated carbocycles. The van der Waals surface area contributed by atoms with Gasteiger partial charge in [-0.2, -0.15) is 5.10 Å². The molecule has 0 saturated heterocycles. The lowest BCUT2D eigenvalue weighted by Gasteiger charge is -2.06. The van der Waals surface area contributed by atoms with E-state index >= 15 is 0 Å². The summed E-state index contributed by atoms with van der Waals surface area (Å²) in [6.45, 7) is 0. The molecular weight excluding hydrogens is 306 g/mol. The van der Waals surface area contributed by atoms with Crippen LogP contribution in [0.3, 0.4) is 0 Å². The summed E-state index contributed by atoms with van der Waals surface area (Å²) < 4.78 is 5.09. The average molecular weight is 320 g/mol. The van der Waals surface area contributed by atoms with E-state index in [1.54, 1.807) is 25.5 Å². The van der Waals surface area contributed by atoms with E-state index in [0.717, 1.165) is 17.0 Å². The maximum atomic E-state index is 5.89. The maximum Gasteiger partial charge on any atom is 0.191 e. The molecule has 4 nitrogen and oxygen atoms in total. The number of halogens is 1. The summed E-state index contributed by atoms with van der Waals surface area (Å²) in [6.07, 6.45) is 1.67. The third-order valence-electron chi connectivity index (χ3n) is 2.58. The van der Waals surface area contributed by atoms with Crippen molar-refractivity contribution in [1.82, 2.24) is 5.43 Å². The monoisotopic (exact) mass is 319 g/mol. The summed E-state index contributed by atoms with van der Waals surface area (Å²) in [5.74, 6) is 0.804. The Bertz CT molecular complexity index is 644. The van der Waals surface area contributed by atoms with E-state index in [-0.39, 0.29) is 0 Å². The van der Waals surface area contributed by atoms with Crippen LogP contribution < -0.4 is 15.5 Å². The van der Waals surface area contributed by atoms with Crippen molar-refractivity contribution in [3.05, 3.63) is 59.1 Å². The molecule has 2 N–H and O–H groups in total. The predicted octanol–water partition coefficient (Wildman–Crippen LogP) is 3.67. The third kappa shape index (κ3) is 5.06. The minimum atomic E-state index is 0.391. The van der Waals surface area contributed by atoms with E-state index in [9.17, 15) is 0 Å². The van der Waals surface area contributed by atoms with Crippen LogP contribution in [0.4, 0.5) is 5.69 Å². The fraction of sp³-hybridized carbons (Fsp3) is 0.0667. The minimum Gasteiger partial charge on any atom is -0.497 e. The Kier molecular flexibility index (Phi) is 5.54. The average Bonchev–Trinajstić information content (AvgIpc) is 2.48. The van der Waals surface area contributed by atoms with Gasteiger partial charge >= 0.3 is 0 Å². The van der Waals surface area contributed by atoms with E-state index < -0.39 is 0 Å². The van der Waals surface area contributed by atoms with Gasteiger partial charge in [0.2, 0.25) is 0 Å². The SMILES string of the molecule is COc1ccc(/C=N/NC(=S)Nc2cccc(Cl)c2)cc1. The molecule has 0 aromatic heterocycles. The first-order valence-electron chi connectivity index (χ1n) is 6.17. The Morgan fingerprint density at radius 3 is 2.67 bits per heavy atom. The number of hydrogen-bond acceptors (Lipinski definition) is 3. The van der Waals surface area contributed by atoms with E-state index in [1.165, 1.54) is 0 Å². The van der Waals surface area contributed by atoms with Crippen LogP contribution in [0.15, 0.2) is 53.6 Å². The molecule has 0 heterocycles. The van der Waals surface area contributed by atoms with Crippen LogP contribution in [-0.2, 0) is 0 Å². The zero-order chi connectivity index (χ0) is 15.1. The Morgan fingerprint density at radius 1 is 1.24 bits per heavy atom. The molecule has 0 spiro atoms. The summed E-state index contributed by atoms with van der Waals surface area (Å²) in [5, 5.41) is 8.09. The Morgan fingerprint density at radius 2 is 2.00 bits per heavy atom.